The predicted octanol–water partition coefficient (Wildman–Crippen LogP) is 7.58. The maximum Gasteiger partial charge on any atom is 0.323 e. The summed E-state index contributed by atoms with van der Waals surface area (Å²) in [6.45, 7) is 5.74. The number of thiophene rings is 1. The SMILES string of the molecule is CC(C)OC(=O)[C@H](C)NP(=O)(Cc1ccc2sc(C(=O)NC3CCCC[C@H]4CC[C@@H](C(=O)N5C[C@@H](c6cccnc6)CC56CC6)N4C3=O)cc2c1)Oc1ccccc1. The number of nitrogens with zero attached hydrogens (tertiary/aromatic N) is 3. The van der Waals surface area contributed by atoms with Crippen LogP contribution in [0.2, 0.25) is 0 Å². The van der Waals surface area contributed by atoms with E-state index in [0.717, 1.165) is 60.6 Å². The highest BCUT2D eigenvalue weighted by Gasteiger charge is 2.58. The van der Waals surface area contributed by atoms with Gasteiger partial charge in [-0.2, -0.15) is 0 Å². The lowest BCUT2D eigenvalue weighted by molar-refractivity contribution is -0.149. The normalized spacial score (nSPS) is 24.2. The number of aromatic nitrogens is 1. The monoisotopic (exact) mass is 825 g/mol. The largest absolute Gasteiger partial charge is 0.462 e. The van der Waals surface area contributed by atoms with Crippen LogP contribution in [0.3, 0.4) is 0 Å². The first-order valence-electron chi connectivity index (χ1n) is 20.6. The molecule has 12 nitrogen and oxygen atoms in total. The molecular weight excluding hydrogens is 774 g/mol. The van der Waals surface area contributed by atoms with E-state index in [1.54, 1.807) is 57.3 Å². The molecule has 4 aliphatic rings. The smallest absolute Gasteiger partial charge is 0.323 e. The fourth-order valence-corrected chi connectivity index (χ4v) is 12.1. The molecule has 2 N–H and O–H groups in total. The summed E-state index contributed by atoms with van der Waals surface area (Å²) in [5, 5.41) is 6.77. The fraction of sp³-hybridized carbons (Fsp3) is 0.477. The Morgan fingerprint density at radius 2 is 1.78 bits per heavy atom. The van der Waals surface area contributed by atoms with Gasteiger partial charge in [-0.3, -0.25) is 28.7 Å². The van der Waals surface area contributed by atoms with Crippen molar-refractivity contribution in [1.82, 2.24) is 25.2 Å². The van der Waals surface area contributed by atoms with Gasteiger partial charge in [0.1, 0.15) is 23.9 Å². The number of hydrogen-bond acceptors (Lipinski definition) is 9. The number of fused-ring (bicyclic) bond motifs is 2. The lowest BCUT2D eigenvalue weighted by Gasteiger charge is -2.37. The Kier molecular flexibility index (Phi) is 11.5. The van der Waals surface area contributed by atoms with Gasteiger partial charge in [0.25, 0.3) is 5.91 Å². The van der Waals surface area contributed by atoms with Crippen LogP contribution in [0.4, 0.5) is 0 Å². The van der Waals surface area contributed by atoms with Gasteiger partial charge in [0.05, 0.1) is 17.1 Å². The van der Waals surface area contributed by atoms with Gasteiger partial charge in [-0.25, -0.2) is 5.09 Å². The highest BCUT2D eigenvalue weighted by atomic mass is 32.1. The van der Waals surface area contributed by atoms with Crippen LogP contribution in [0.15, 0.2) is 79.1 Å². The molecule has 14 heteroatoms. The zero-order chi connectivity index (χ0) is 40.6. The Bertz CT molecular complexity index is 2210. The third-order valence-electron chi connectivity index (χ3n) is 12.1. The number of nitrogens with one attached hydrogen (secondary N) is 2. The van der Waals surface area contributed by atoms with E-state index in [4.69, 9.17) is 9.26 Å². The van der Waals surface area contributed by atoms with Crippen molar-refractivity contribution < 1.29 is 33.0 Å². The molecule has 0 radical (unpaired) electrons. The number of esters is 1. The van der Waals surface area contributed by atoms with E-state index in [2.05, 4.69) is 26.4 Å². The Morgan fingerprint density at radius 3 is 2.52 bits per heavy atom. The van der Waals surface area contributed by atoms with Crippen LogP contribution in [-0.2, 0) is 29.8 Å². The van der Waals surface area contributed by atoms with Crippen LogP contribution in [0, 0.1) is 0 Å². The second-order valence-electron chi connectivity index (χ2n) is 16.7. The summed E-state index contributed by atoms with van der Waals surface area (Å²) in [6.07, 6.45) is 10.7. The van der Waals surface area contributed by atoms with Gasteiger partial charge in [0.2, 0.25) is 11.8 Å². The molecule has 2 aromatic heterocycles. The standard InChI is InChI=1S/C44H52N5O7PS/c1-28(2)55-43(53)29(3)47-57(54,56-35-12-5-4-6-13-35)27-30-15-18-38-32(22-30)23-39(58-38)40(50)46-36-14-8-7-11-34-16-17-37(49(34)41(36)51)42(52)48-26-33(24-44(48)19-20-44)31-10-9-21-45-25-31/h4-6,9-10,12-13,15,18,21-23,25,28-29,33-34,36-37H,7-8,11,14,16-17,19-20,24,26-27H2,1-3H3,(H,46,50)(H,47,54)/t29-,33-,34-,36?,37-,57?/m0/s1. The van der Waals surface area contributed by atoms with Crippen molar-refractivity contribution in [3.05, 3.63) is 95.1 Å². The Balaban J connectivity index is 0.967. The van der Waals surface area contributed by atoms with Gasteiger partial charge in [0, 0.05) is 41.1 Å². The van der Waals surface area contributed by atoms with Crippen molar-refractivity contribution in [3.8, 4) is 5.75 Å². The lowest BCUT2D eigenvalue weighted by atomic mass is 9.97. The number of carbonyl (C=O) groups excluding carboxylic acids is 4. The first-order chi connectivity index (χ1) is 27.9. The van der Waals surface area contributed by atoms with Gasteiger partial charge in [0.15, 0.2) is 0 Å². The van der Waals surface area contributed by atoms with Crippen LogP contribution in [0.5, 0.6) is 5.75 Å². The van der Waals surface area contributed by atoms with E-state index in [0.29, 0.717) is 35.6 Å². The Labute approximate surface area is 343 Å². The molecule has 2 unspecified atom stereocenters. The maximum absolute atomic E-state index is 14.5. The van der Waals surface area contributed by atoms with Crippen molar-refractivity contribution in [2.24, 2.45) is 0 Å². The molecule has 0 bridgehead atoms. The zero-order valence-corrected chi connectivity index (χ0v) is 35.0. The van der Waals surface area contributed by atoms with Gasteiger partial charge in [-0.15, -0.1) is 11.3 Å². The molecule has 3 saturated heterocycles. The Hall–Kier alpha value is -4.58. The van der Waals surface area contributed by atoms with Crippen molar-refractivity contribution in [3.63, 3.8) is 0 Å². The molecule has 58 heavy (non-hydrogen) atoms. The minimum absolute atomic E-state index is 0.0176. The first-order valence-corrected chi connectivity index (χ1v) is 23.2. The van der Waals surface area contributed by atoms with Gasteiger partial charge in [-0.1, -0.05) is 43.2 Å². The molecule has 1 saturated carbocycles. The second kappa shape index (κ2) is 16.6. The number of amides is 3. The molecule has 4 fully saturated rings. The van der Waals surface area contributed by atoms with Crippen molar-refractivity contribution in [1.29, 1.82) is 0 Å². The topological polar surface area (TPSA) is 147 Å². The average Bonchev–Trinajstić information content (AvgIpc) is 3.48. The highest BCUT2D eigenvalue weighted by Crippen LogP contribution is 2.54. The molecule has 3 amide bonds. The van der Waals surface area contributed by atoms with Gasteiger partial charge >= 0.3 is 13.5 Å². The minimum Gasteiger partial charge on any atom is -0.462 e. The van der Waals surface area contributed by atoms with Gasteiger partial charge < -0.3 is 24.4 Å². The fourth-order valence-electron chi connectivity index (χ4n) is 9.13. The van der Waals surface area contributed by atoms with Crippen LogP contribution < -0.4 is 14.9 Å². The maximum atomic E-state index is 14.5. The predicted molar refractivity (Wildman–Crippen MR) is 223 cm³/mol. The number of para-hydroxylation sites is 1. The van der Waals surface area contributed by atoms with E-state index in [-0.39, 0.29) is 47.5 Å². The summed E-state index contributed by atoms with van der Waals surface area (Å²) in [4.78, 5) is 64.2. The molecule has 1 spiro atoms. The van der Waals surface area contributed by atoms with E-state index >= 15 is 0 Å². The van der Waals surface area contributed by atoms with E-state index < -0.39 is 31.6 Å². The summed E-state index contributed by atoms with van der Waals surface area (Å²) in [6, 6.07) is 18.1. The third kappa shape index (κ3) is 8.58. The molecule has 2 aromatic carbocycles. The molecule has 1 aliphatic carbocycles. The number of hydrogen-bond donors (Lipinski definition) is 2. The number of rotatable bonds is 12. The molecule has 6 atom stereocenters. The van der Waals surface area contributed by atoms with Gasteiger partial charge in [-0.05, 0) is 119 Å². The van der Waals surface area contributed by atoms with E-state index in [1.807, 2.05) is 41.4 Å². The summed E-state index contributed by atoms with van der Waals surface area (Å²) in [5.41, 5.74) is 1.72. The quantitative estimate of drug-likeness (QED) is 0.109. The molecule has 8 rings (SSSR count). The molecule has 306 valence electrons. The zero-order valence-electron chi connectivity index (χ0n) is 33.3. The van der Waals surface area contributed by atoms with Crippen molar-refractivity contribution in [2.75, 3.05) is 6.54 Å². The summed E-state index contributed by atoms with van der Waals surface area (Å²) in [7, 11) is -3.69. The first kappa shape index (κ1) is 40.2. The summed E-state index contributed by atoms with van der Waals surface area (Å²) >= 11 is 1.32. The van der Waals surface area contributed by atoms with E-state index in [9.17, 15) is 23.7 Å². The molecular formula is C44H52N5O7PS. The van der Waals surface area contributed by atoms with E-state index in [1.165, 1.54) is 11.3 Å². The molecule has 4 aromatic rings. The van der Waals surface area contributed by atoms with Crippen LogP contribution >= 0.6 is 18.9 Å². The van der Waals surface area contributed by atoms with Crippen LogP contribution in [0.25, 0.3) is 10.1 Å². The minimum atomic E-state index is -3.69. The van der Waals surface area contributed by atoms with Crippen LogP contribution in [-0.4, -0.2) is 80.8 Å². The Morgan fingerprint density at radius 1 is 0.983 bits per heavy atom. The highest BCUT2D eigenvalue weighted by molar-refractivity contribution is 7.56. The lowest BCUT2D eigenvalue weighted by Crippen LogP contribution is -2.57. The number of carbonyl (C=O) groups is 4. The summed E-state index contributed by atoms with van der Waals surface area (Å²) in [5.74, 6) is -0.363. The number of likely N-dealkylation sites (tertiary alicyclic amines) is 1. The number of ether oxygens (including phenoxy) is 1. The van der Waals surface area contributed by atoms with Crippen molar-refractivity contribution >= 4 is 52.6 Å². The van der Waals surface area contributed by atoms with Crippen LogP contribution in [0.1, 0.15) is 105 Å². The van der Waals surface area contributed by atoms with Crippen molar-refractivity contribution in [2.45, 2.75) is 126 Å². The molecule has 3 aliphatic heterocycles. The second-order valence-corrected chi connectivity index (χ2v) is 19.9. The average molecular weight is 826 g/mol. The summed E-state index contributed by atoms with van der Waals surface area (Å²) < 4.78 is 26.6. The number of pyridine rings is 1. The molecule has 5 heterocycles. The third-order valence-corrected chi connectivity index (χ3v) is 15.2. The number of benzene rings is 2.